The van der Waals surface area contributed by atoms with Gasteiger partial charge in [0.15, 0.2) is 0 Å². The van der Waals surface area contributed by atoms with Crippen molar-refractivity contribution in [1.82, 2.24) is 8.01 Å². The molecule has 4 heteroatoms. The van der Waals surface area contributed by atoms with E-state index in [0.29, 0.717) is 0 Å². The first kappa shape index (κ1) is 12.7. The van der Waals surface area contributed by atoms with Gasteiger partial charge in [-0.05, 0) is 0 Å². The monoisotopic (exact) mass is 313 g/mol. The van der Waals surface area contributed by atoms with Gasteiger partial charge in [0.25, 0.3) is 0 Å². The van der Waals surface area contributed by atoms with E-state index in [1.54, 1.807) is 0 Å². The van der Waals surface area contributed by atoms with E-state index in [0.717, 1.165) is 13.2 Å². The van der Waals surface area contributed by atoms with Crippen molar-refractivity contribution in [3.05, 3.63) is 0 Å². The fraction of sp³-hybridized carbons (Fsp3) is 1.00. The van der Waals surface area contributed by atoms with Gasteiger partial charge in [-0.25, -0.2) is 0 Å². The molecule has 1 aliphatic rings. The molecular weight excluding hydrogens is 291 g/mol. The average molecular weight is 313 g/mol. The molecule has 0 amide bonds. The molecular formula is C10H22IN2O-. The van der Waals surface area contributed by atoms with Gasteiger partial charge in [-0.3, -0.25) is 0 Å². The molecule has 0 aromatic carbocycles. The Labute approximate surface area is 98.4 Å². The first-order chi connectivity index (χ1) is 6.58. The normalized spacial score (nSPS) is 30.4. The second kappa shape index (κ2) is 5.63. The Morgan fingerprint density at radius 1 is 1.50 bits per heavy atom. The van der Waals surface area contributed by atoms with Crippen LogP contribution < -0.4 is 21.5 Å². The van der Waals surface area contributed by atoms with Gasteiger partial charge >= 0.3 is 98.4 Å². The van der Waals surface area contributed by atoms with Gasteiger partial charge in [0.05, 0.1) is 0 Å². The zero-order valence-electron chi connectivity index (χ0n) is 9.72. The molecule has 1 saturated heterocycles. The van der Waals surface area contributed by atoms with E-state index in [1.807, 2.05) is 0 Å². The van der Waals surface area contributed by atoms with Crippen LogP contribution in [-0.2, 0) is 4.74 Å². The van der Waals surface area contributed by atoms with Crippen LogP contribution in [0, 0.1) is 0 Å². The fourth-order valence-corrected chi connectivity index (χ4v) is 4.48. The second-order valence-electron chi connectivity index (χ2n) is 4.19. The van der Waals surface area contributed by atoms with E-state index < -0.39 is 0 Å². The van der Waals surface area contributed by atoms with Crippen molar-refractivity contribution in [2.45, 2.75) is 18.9 Å². The summed E-state index contributed by atoms with van der Waals surface area (Å²) in [4.78, 5) is 2.25. The summed E-state index contributed by atoms with van der Waals surface area (Å²) in [7, 11) is 6.51. The maximum absolute atomic E-state index is 5.99. The van der Waals surface area contributed by atoms with Gasteiger partial charge in [0.2, 0.25) is 0 Å². The topological polar surface area (TPSA) is 15.7 Å². The summed E-state index contributed by atoms with van der Waals surface area (Å²) in [5.74, 6) is 0. The van der Waals surface area contributed by atoms with E-state index in [2.05, 4.69) is 36.1 Å². The van der Waals surface area contributed by atoms with Crippen LogP contribution in [-0.4, -0.2) is 58.9 Å². The third-order valence-corrected chi connectivity index (χ3v) is 5.82. The molecule has 0 aliphatic carbocycles. The molecule has 1 aliphatic heterocycles. The standard InChI is InChI=1S/C10H22IN2O/c1-5-14-10(9-12(2)3)6-7-13(4)11-8-10/h5-9H2,1-4H3/q-1. The predicted molar refractivity (Wildman–Crippen MR) is 55.0 cm³/mol. The molecule has 0 saturated carbocycles. The Bertz CT molecular complexity index is 168. The Kier molecular flexibility index (Phi) is 5.10. The van der Waals surface area contributed by atoms with Crippen molar-refractivity contribution in [2.75, 3.05) is 45.3 Å². The minimum absolute atomic E-state index is 0.165. The molecule has 1 unspecified atom stereocenters. The summed E-state index contributed by atoms with van der Waals surface area (Å²) in [5, 5.41) is 0. The van der Waals surface area contributed by atoms with Crippen molar-refractivity contribution in [3.8, 4) is 0 Å². The summed E-state index contributed by atoms with van der Waals surface area (Å²) in [5.41, 5.74) is 0.165. The molecule has 1 atom stereocenters. The summed E-state index contributed by atoms with van der Waals surface area (Å²) in [6, 6.07) is 0. The average Bonchev–Trinajstić information content (AvgIpc) is 2.10. The van der Waals surface area contributed by atoms with Gasteiger partial charge in [-0.15, -0.1) is 0 Å². The first-order valence-electron chi connectivity index (χ1n) is 5.17. The van der Waals surface area contributed by atoms with Crippen LogP contribution in [0.15, 0.2) is 0 Å². The van der Waals surface area contributed by atoms with Crippen molar-refractivity contribution in [2.24, 2.45) is 0 Å². The van der Waals surface area contributed by atoms with Gasteiger partial charge in [0.1, 0.15) is 0 Å². The summed E-state index contributed by atoms with van der Waals surface area (Å²) in [6.45, 7) is 5.24. The zero-order chi connectivity index (χ0) is 10.6. The Morgan fingerprint density at radius 2 is 2.21 bits per heavy atom. The number of hydrogen-bond acceptors (Lipinski definition) is 3. The predicted octanol–water partition coefficient (Wildman–Crippen LogP) is -2.34. The van der Waals surface area contributed by atoms with Gasteiger partial charge in [0, 0.05) is 0 Å². The van der Waals surface area contributed by atoms with Crippen molar-refractivity contribution < 1.29 is 26.2 Å². The molecule has 0 spiro atoms. The van der Waals surface area contributed by atoms with E-state index in [9.17, 15) is 0 Å². The summed E-state index contributed by atoms with van der Waals surface area (Å²) in [6.07, 6.45) is 1.19. The number of nitrogens with zero attached hydrogens (tertiary/aromatic N) is 2. The number of likely N-dealkylation sites (N-methyl/N-ethyl adjacent to an activating group) is 1. The molecule has 1 rings (SSSR count). The third-order valence-electron chi connectivity index (χ3n) is 2.44. The first-order valence-corrected chi connectivity index (χ1v) is 7.66. The van der Waals surface area contributed by atoms with E-state index in [4.69, 9.17) is 4.74 Å². The Hall–Kier alpha value is 0.610. The van der Waals surface area contributed by atoms with Crippen LogP contribution in [0.4, 0.5) is 0 Å². The molecule has 0 aromatic rings. The number of hydrogen-bond donors (Lipinski definition) is 0. The van der Waals surface area contributed by atoms with Gasteiger partial charge < -0.3 is 0 Å². The molecule has 3 nitrogen and oxygen atoms in total. The summed E-state index contributed by atoms with van der Waals surface area (Å²) < 4.78 is 9.75. The van der Waals surface area contributed by atoms with Crippen LogP contribution in [0.25, 0.3) is 0 Å². The van der Waals surface area contributed by atoms with Crippen LogP contribution >= 0.6 is 0 Å². The van der Waals surface area contributed by atoms with Crippen LogP contribution in [0.5, 0.6) is 0 Å². The molecule has 0 aromatic heterocycles. The van der Waals surface area contributed by atoms with Crippen LogP contribution in [0.1, 0.15) is 13.3 Å². The maximum atomic E-state index is 5.99. The SMILES string of the molecule is CCOC1(CN(C)C)CCN(C)[I-]C1. The molecule has 86 valence electrons. The Morgan fingerprint density at radius 3 is 2.64 bits per heavy atom. The van der Waals surface area contributed by atoms with Crippen LogP contribution in [0.3, 0.4) is 0 Å². The van der Waals surface area contributed by atoms with E-state index >= 15 is 0 Å². The zero-order valence-corrected chi connectivity index (χ0v) is 11.9. The fourth-order valence-electron chi connectivity index (χ4n) is 1.86. The molecule has 0 radical (unpaired) electrons. The molecule has 1 heterocycles. The number of alkyl halides is 1. The van der Waals surface area contributed by atoms with Crippen molar-refractivity contribution in [1.29, 1.82) is 0 Å². The number of ether oxygens (including phenoxy) is 1. The Balaban J connectivity index is 2.53. The summed E-state index contributed by atoms with van der Waals surface area (Å²) >= 11 is 0.200. The van der Waals surface area contributed by atoms with Gasteiger partial charge in [-0.2, -0.15) is 0 Å². The number of rotatable bonds is 4. The molecule has 1 fully saturated rings. The van der Waals surface area contributed by atoms with E-state index in [-0.39, 0.29) is 27.1 Å². The van der Waals surface area contributed by atoms with Gasteiger partial charge in [-0.1, -0.05) is 0 Å². The molecule has 0 bridgehead atoms. The molecule has 0 N–H and O–H groups in total. The third kappa shape index (κ3) is 3.64. The molecule has 14 heavy (non-hydrogen) atoms. The second-order valence-corrected chi connectivity index (χ2v) is 7.28. The minimum atomic E-state index is 0.165. The van der Waals surface area contributed by atoms with Crippen molar-refractivity contribution in [3.63, 3.8) is 0 Å². The van der Waals surface area contributed by atoms with Crippen molar-refractivity contribution >= 4 is 0 Å². The van der Waals surface area contributed by atoms with Crippen LogP contribution in [0.2, 0.25) is 0 Å². The number of halogens is 1. The quantitative estimate of drug-likeness (QED) is 0.329. The van der Waals surface area contributed by atoms with E-state index in [1.165, 1.54) is 17.4 Å².